The van der Waals surface area contributed by atoms with E-state index < -0.39 is 0 Å². The van der Waals surface area contributed by atoms with E-state index in [9.17, 15) is 0 Å². The van der Waals surface area contributed by atoms with E-state index in [-0.39, 0.29) is 0 Å². The Balaban J connectivity index is 2.39. The van der Waals surface area contributed by atoms with Crippen LogP contribution in [0.25, 0.3) is 22.0 Å². The van der Waals surface area contributed by atoms with E-state index in [0.29, 0.717) is 0 Å². The maximum atomic E-state index is 6.20. The standard InChI is InChI=1S/C19H21N3/c1-12-7-5-8-13(2)18(12)17-11-15-14(9-6-10-16(15)20)19(21-17)22(3)4/h5-11H,20H2,1-4H3. The molecule has 0 bridgehead atoms. The molecule has 1 heterocycles. The van der Waals surface area contributed by atoms with Gasteiger partial charge in [-0.2, -0.15) is 0 Å². The molecule has 3 rings (SSSR count). The largest absolute Gasteiger partial charge is 0.398 e. The van der Waals surface area contributed by atoms with Crippen molar-refractivity contribution in [3.8, 4) is 11.3 Å². The fourth-order valence-electron chi connectivity index (χ4n) is 2.97. The first-order chi connectivity index (χ1) is 10.5. The Hall–Kier alpha value is -2.55. The second-order valence-corrected chi connectivity index (χ2v) is 5.93. The SMILES string of the molecule is Cc1cccc(C)c1-c1cc2c(N)cccc2c(N(C)C)n1. The molecule has 0 saturated heterocycles. The third-order valence-corrected chi connectivity index (χ3v) is 4.05. The number of nitrogens with zero attached hydrogens (tertiary/aromatic N) is 2. The maximum Gasteiger partial charge on any atom is 0.136 e. The third kappa shape index (κ3) is 2.29. The molecule has 2 N–H and O–H groups in total. The van der Waals surface area contributed by atoms with Gasteiger partial charge in [-0.15, -0.1) is 0 Å². The van der Waals surface area contributed by atoms with Gasteiger partial charge in [-0.3, -0.25) is 0 Å². The fourth-order valence-corrected chi connectivity index (χ4v) is 2.97. The molecular formula is C19H21N3. The third-order valence-electron chi connectivity index (χ3n) is 4.05. The lowest BCUT2D eigenvalue weighted by atomic mass is 9.97. The van der Waals surface area contributed by atoms with Crippen molar-refractivity contribution in [3.05, 3.63) is 53.6 Å². The highest BCUT2D eigenvalue weighted by molar-refractivity contribution is 6.01. The van der Waals surface area contributed by atoms with E-state index in [4.69, 9.17) is 10.7 Å². The van der Waals surface area contributed by atoms with Gasteiger partial charge in [0.2, 0.25) is 0 Å². The first kappa shape index (κ1) is 14.4. The molecule has 0 amide bonds. The smallest absolute Gasteiger partial charge is 0.136 e. The predicted octanol–water partition coefficient (Wildman–Crippen LogP) is 4.17. The molecule has 3 nitrogen and oxygen atoms in total. The Labute approximate surface area is 131 Å². The van der Waals surface area contributed by atoms with Gasteiger partial charge in [0.05, 0.1) is 5.69 Å². The van der Waals surface area contributed by atoms with Gasteiger partial charge in [0, 0.05) is 36.1 Å². The van der Waals surface area contributed by atoms with Crippen LogP contribution >= 0.6 is 0 Å². The van der Waals surface area contributed by atoms with Crippen LogP contribution in [0.5, 0.6) is 0 Å². The van der Waals surface area contributed by atoms with Crippen molar-refractivity contribution in [2.75, 3.05) is 24.7 Å². The van der Waals surface area contributed by atoms with Gasteiger partial charge in [-0.1, -0.05) is 30.3 Å². The van der Waals surface area contributed by atoms with Gasteiger partial charge in [0.1, 0.15) is 5.82 Å². The molecule has 3 aromatic rings. The van der Waals surface area contributed by atoms with Gasteiger partial charge in [-0.05, 0) is 37.1 Å². The molecule has 0 aliphatic heterocycles. The molecule has 0 fully saturated rings. The van der Waals surface area contributed by atoms with E-state index in [1.165, 1.54) is 16.7 Å². The summed E-state index contributed by atoms with van der Waals surface area (Å²) in [7, 11) is 4.03. The zero-order valence-electron chi connectivity index (χ0n) is 13.5. The molecule has 0 unspecified atom stereocenters. The van der Waals surface area contributed by atoms with Crippen molar-refractivity contribution < 1.29 is 0 Å². The first-order valence-corrected chi connectivity index (χ1v) is 7.42. The molecule has 0 aliphatic rings. The van der Waals surface area contributed by atoms with Crippen molar-refractivity contribution in [2.45, 2.75) is 13.8 Å². The van der Waals surface area contributed by atoms with Gasteiger partial charge < -0.3 is 10.6 Å². The van der Waals surface area contributed by atoms with Crippen LogP contribution in [0, 0.1) is 13.8 Å². The maximum absolute atomic E-state index is 6.20. The Morgan fingerprint density at radius 2 is 1.55 bits per heavy atom. The molecule has 112 valence electrons. The minimum absolute atomic E-state index is 0.787. The zero-order chi connectivity index (χ0) is 15.9. The first-order valence-electron chi connectivity index (χ1n) is 7.42. The van der Waals surface area contributed by atoms with Crippen LogP contribution in [0.4, 0.5) is 11.5 Å². The number of nitrogen functional groups attached to an aromatic ring is 1. The number of aryl methyl sites for hydroxylation is 2. The van der Waals surface area contributed by atoms with Crippen molar-refractivity contribution in [2.24, 2.45) is 0 Å². The highest BCUT2D eigenvalue weighted by Crippen LogP contribution is 2.34. The number of nitrogens with two attached hydrogens (primary N) is 1. The number of fused-ring (bicyclic) bond motifs is 1. The summed E-state index contributed by atoms with van der Waals surface area (Å²) < 4.78 is 0. The van der Waals surface area contributed by atoms with Gasteiger partial charge in [-0.25, -0.2) is 4.98 Å². The molecule has 2 aromatic carbocycles. The summed E-state index contributed by atoms with van der Waals surface area (Å²) in [4.78, 5) is 6.94. The molecule has 3 heteroatoms. The lowest BCUT2D eigenvalue weighted by Crippen LogP contribution is -2.12. The second-order valence-electron chi connectivity index (χ2n) is 5.93. The minimum atomic E-state index is 0.787. The Morgan fingerprint density at radius 1 is 0.909 bits per heavy atom. The molecular weight excluding hydrogens is 270 g/mol. The van der Waals surface area contributed by atoms with Gasteiger partial charge in [0.25, 0.3) is 0 Å². The number of hydrogen-bond acceptors (Lipinski definition) is 3. The average molecular weight is 291 g/mol. The van der Waals surface area contributed by atoms with E-state index in [0.717, 1.165) is 28.0 Å². The molecule has 0 spiro atoms. The summed E-state index contributed by atoms with van der Waals surface area (Å²) in [6.07, 6.45) is 0. The quantitative estimate of drug-likeness (QED) is 0.721. The highest BCUT2D eigenvalue weighted by atomic mass is 15.1. The lowest BCUT2D eigenvalue weighted by Gasteiger charge is -2.18. The van der Waals surface area contributed by atoms with Crippen molar-refractivity contribution >= 4 is 22.3 Å². The van der Waals surface area contributed by atoms with Crippen molar-refractivity contribution in [1.82, 2.24) is 4.98 Å². The predicted molar refractivity (Wildman–Crippen MR) is 95.4 cm³/mol. The van der Waals surface area contributed by atoms with Crippen LogP contribution in [-0.4, -0.2) is 19.1 Å². The zero-order valence-corrected chi connectivity index (χ0v) is 13.5. The van der Waals surface area contributed by atoms with Crippen LogP contribution in [-0.2, 0) is 0 Å². The summed E-state index contributed by atoms with van der Waals surface area (Å²) in [5.74, 6) is 0.947. The van der Waals surface area contributed by atoms with Crippen LogP contribution in [0.2, 0.25) is 0 Å². The Kier molecular flexibility index (Phi) is 3.49. The van der Waals surface area contributed by atoms with E-state index in [1.54, 1.807) is 0 Å². The summed E-state index contributed by atoms with van der Waals surface area (Å²) in [6.45, 7) is 4.25. The summed E-state index contributed by atoms with van der Waals surface area (Å²) in [6, 6.07) is 14.4. The lowest BCUT2D eigenvalue weighted by molar-refractivity contribution is 1.08. The van der Waals surface area contributed by atoms with Gasteiger partial charge >= 0.3 is 0 Å². The van der Waals surface area contributed by atoms with E-state index in [2.05, 4.69) is 44.2 Å². The van der Waals surface area contributed by atoms with Gasteiger partial charge in [0.15, 0.2) is 0 Å². The van der Waals surface area contributed by atoms with Crippen LogP contribution in [0.1, 0.15) is 11.1 Å². The van der Waals surface area contributed by atoms with E-state index >= 15 is 0 Å². The normalized spacial score (nSPS) is 10.9. The molecule has 22 heavy (non-hydrogen) atoms. The number of pyridine rings is 1. The van der Waals surface area contributed by atoms with E-state index in [1.807, 2.05) is 31.1 Å². The van der Waals surface area contributed by atoms with Crippen molar-refractivity contribution in [1.29, 1.82) is 0 Å². The molecule has 0 aliphatic carbocycles. The number of rotatable bonds is 2. The fraction of sp³-hybridized carbons (Fsp3) is 0.211. The number of anilines is 2. The molecule has 0 saturated carbocycles. The Bertz CT molecular complexity index is 830. The molecule has 0 radical (unpaired) electrons. The topological polar surface area (TPSA) is 42.1 Å². The van der Waals surface area contributed by atoms with Crippen LogP contribution in [0.3, 0.4) is 0 Å². The minimum Gasteiger partial charge on any atom is -0.398 e. The Morgan fingerprint density at radius 3 is 2.18 bits per heavy atom. The molecule has 0 atom stereocenters. The second kappa shape index (κ2) is 5.34. The molecule has 1 aromatic heterocycles. The summed E-state index contributed by atoms with van der Waals surface area (Å²) >= 11 is 0. The highest BCUT2D eigenvalue weighted by Gasteiger charge is 2.13. The number of benzene rings is 2. The number of aromatic nitrogens is 1. The summed E-state index contributed by atoms with van der Waals surface area (Å²) in [5, 5.41) is 2.14. The van der Waals surface area contributed by atoms with Crippen molar-refractivity contribution in [3.63, 3.8) is 0 Å². The average Bonchev–Trinajstić information content (AvgIpc) is 2.47. The summed E-state index contributed by atoms with van der Waals surface area (Å²) in [5.41, 5.74) is 11.6. The number of hydrogen-bond donors (Lipinski definition) is 1. The monoisotopic (exact) mass is 291 g/mol. The van der Waals surface area contributed by atoms with Crippen LogP contribution < -0.4 is 10.6 Å². The van der Waals surface area contributed by atoms with Crippen LogP contribution in [0.15, 0.2) is 42.5 Å².